The van der Waals surface area contributed by atoms with Crippen molar-refractivity contribution < 1.29 is 17.9 Å². The first-order valence-corrected chi connectivity index (χ1v) is 12.5. The van der Waals surface area contributed by atoms with E-state index in [1.807, 2.05) is 25.1 Å². The zero-order valence-corrected chi connectivity index (χ0v) is 20.4. The summed E-state index contributed by atoms with van der Waals surface area (Å²) in [5.41, 5.74) is 2.34. The predicted molar refractivity (Wildman–Crippen MR) is 135 cm³/mol. The number of ether oxygens (including phenoxy) is 1. The average Bonchev–Trinajstić information content (AvgIpc) is 3.11. The van der Waals surface area contributed by atoms with Crippen molar-refractivity contribution >= 4 is 38.3 Å². The zero-order valence-electron chi connectivity index (χ0n) is 19.6. The van der Waals surface area contributed by atoms with Crippen LogP contribution in [-0.4, -0.2) is 30.6 Å². The minimum Gasteiger partial charge on any atom is -0.497 e. The molecule has 0 saturated carbocycles. The van der Waals surface area contributed by atoms with Gasteiger partial charge in [-0.3, -0.25) is 18.7 Å². The number of anilines is 2. The van der Waals surface area contributed by atoms with Crippen molar-refractivity contribution in [3.63, 3.8) is 0 Å². The van der Waals surface area contributed by atoms with Gasteiger partial charge < -0.3 is 10.1 Å². The smallest absolute Gasteiger partial charge is 0.329 e. The summed E-state index contributed by atoms with van der Waals surface area (Å²) in [6.45, 7) is 3.82. The highest BCUT2D eigenvalue weighted by atomic mass is 32.2. The number of fused-ring (bicyclic) bond motifs is 1. The minimum atomic E-state index is -3.92. The zero-order chi connectivity index (χ0) is 25.2. The van der Waals surface area contributed by atoms with E-state index in [0.29, 0.717) is 34.7 Å². The van der Waals surface area contributed by atoms with Gasteiger partial charge in [0.15, 0.2) is 0 Å². The first kappa shape index (κ1) is 24.1. The molecule has 35 heavy (non-hydrogen) atoms. The van der Waals surface area contributed by atoms with Gasteiger partial charge in [0.2, 0.25) is 5.91 Å². The molecule has 4 aromatic rings. The van der Waals surface area contributed by atoms with Gasteiger partial charge in [-0.15, -0.1) is 0 Å². The van der Waals surface area contributed by atoms with Crippen LogP contribution in [0.4, 0.5) is 11.4 Å². The normalized spacial score (nSPS) is 11.4. The molecule has 3 aromatic carbocycles. The van der Waals surface area contributed by atoms with Crippen LogP contribution in [0, 0.1) is 6.92 Å². The topological polar surface area (TPSA) is 111 Å². The molecule has 2 N–H and O–H groups in total. The Hall–Kier alpha value is -4.05. The molecule has 0 unspecified atom stereocenters. The van der Waals surface area contributed by atoms with Gasteiger partial charge in [0, 0.05) is 17.9 Å². The third kappa shape index (κ3) is 4.92. The van der Waals surface area contributed by atoms with Crippen molar-refractivity contribution in [1.29, 1.82) is 0 Å². The van der Waals surface area contributed by atoms with Gasteiger partial charge in [0.1, 0.15) is 12.3 Å². The molecule has 0 spiro atoms. The molecule has 4 rings (SSSR count). The number of para-hydroxylation sites is 2. The lowest BCUT2D eigenvalue weighted by Gasteiger charge is -2.13. The van der Waals surface area contributed by atoms with E-state index in [2.05, 4.69) is 10.0 Å². The Morgan fingerprint density at radius 2 is 1.57 bits per heavy atom. The molecular formula is C25H26N4O5S. The van der Waals surface area contributed by atoms with E-state index in [4.69, 9.17) is 4.74 Å². The molecule has 0 bridgehead atoms. The molecule has 0 aliphatic heterocycles. The summed E-state index contributed by atoms with van der Waals surface area (Å²) < 4.78 is 36.7. The largest absolute Gasteiger partial charge is 0.497 e. The molecule has 1 amide bonds. The fourth-order valence-corrected chi connectivity index (χ4v) is 5.24. The standard InChI is InChI=1S/C25H26N4O5S/c1-4-28-21-7-5-6-8-22(21)29(25(28)31)16-24(30)26-19-10-9-17(2)23(15-19)35(32,33)27-18-11-13-20(34-3)14-12-18/h5-15,27H,4,16H2,1-3H3,(H,26,30). The van der Waals surface area contributed by atoms with Crippen LogP contribution in [0.2, 0.25) is 0 Å². The van der Waals surface area contributed by atoms with Crippen molar-refractivity contribution in [2.75, 3.05) is 17.1 Å². The summed E-state index contributed by atoms with van der Waals surface area (Å²) in [5.74, 6) is 0.163. The van der Waals surface area contributed by atoms with E-state index in [1.165, 1.54) is 17.7 Å². The third-order valence-corrected chi connectivity index (χ3v) is 7.17. The Kier molecular flexibility index (Phi) is 6.65. The molecule has 0 saturated heterocycles. The second-order valence-electron chi connectivity index (χ2n) is 7.96. The molecule has 0 radical (unpaired) electrons. The maximum atomic E-state index is 13.0. The first-order valence-electron chi connectivity index (χ1n) is 11.0. The number of amides is 1. The molecule has 0 atom stereocenters. The predicted octanol–water partition coefficient (Wildman–Crippen LogP) is 3.58. The van der Waals surface area contributed by atoms with Gasteiger partial charge in [0.05, 0.1) is 23.0 Å². The van der Waals surface area contributed by atoms with Crippen LogP contribution in [-0.2, 0) is 27.9 Å². The molecule has 182 valence electrons. The van der Waals surface area contributed by atoms with Gasteiger partial charge >= 0.3 is 5.69 Å². The number of carbonyl (C=O) groups excluding carboxylic acids is 1. The minimum absolute atomic E-state index is 0.0332. The van der Waals surface area contributed by atoms with Crippen LogP contribution in [0.5, 0.6) is 5.75 Å². The van der Waals surface area contributed by atoms with Crippen LogP contribution in [0.25, 0.3) is 11.0 Å². The van der Waals surface area contributed by atoms with E-state index < -0.39 is 15.9 Å². The van der Waals surface area contributed by atoms with Gasteiger partial charge in [-0.1, -0.05) is 18.2 Å². The SMILES string of the molecule is CCn1c(=O)n(CC(=O)Nc2ccc(C)c(S(=O)(=O)Nc3ccc(OC)cc3)c2)c2ccccc21. The number of carbonyl (C=O) groups is 1. The molecule has 0 aliphatic rings. The Bertz CT molecular complexity index is 1550. The number of aromatic nitrogens is 2. The number of benzene rings is 3. The first-order chi connectivity index (χ1) is 16.7. The second kappa shape index (κ2) is 9.67. The van der Waals surface area contributed by atoms with Crippen LogP contribution < -0.4 is 20.5 Å². The highest BCUT2D eigenvalue weighted by molar-refractivity contribution is 7.92. The lowest BCUT2D eigenvalue weighted by atomic mass is 10.2. The van der Waals surface area contributed by atoms with E-state index >= 15 is 0 Å². The van der Waals surface area contributed by atoms with Gasteiger partial charge in [-0.25, -0.2) is 13.2 Å². The molecule has 1 aromatic heterocycles. The van der Waals surface area contributed by atoms with E-state index in [-0.39, 0.29) is 17.1 Å². The number of imidazole rings is 1. The van der Waals surface area contributed by atoms with Gasteiger partial charge in [-0.2, -0.15) is 0 Å². The lowest BCUT2D eigenvalue weighted by Crippen LogP contribution is -2.29. The number of rotatable bonds is 8. The quantitative estimate of drug-likeness (QED) is 0.389. The van der Waals surface area contributed by atoms with Crippen molar-refractivity contribution in [2.45, 2.75) is 31.8 Å². The summed E-state index contributed by atoms with van der Waals surface area (Å²) in [7, 11) is -2.39. The average molecular weight is 495 g/mol. The highest BCUT2D eigenvalue weighted by Gasteiger charge is 2.19. The van der Waals surface area contributed by atoms with Crippen molar-refractivity contribution in [3.8, 4) is 5.75 Å². The Morgan fingerprint density at radius 1 is 0.943 bits per heavy atom. The number of methoxy groups -OCH3 is 1. The van der Waals surface area contributed by atoms with Crippen molar-refractivity contribution in [3.05, 3.63) is 82.8 Å². The fraction of sp³-hybridized carbons (Fsp3) is 0.200. The van der Waals surface area contributed by atoms with Crippen molar-refractivity contribution in [2.24, 2.45) is 0 Å². The molecule has 1 heterocycles. The summed E-state index contributed by atoms with van der Waals surface area (Å²) >= 11 is 0. The summed E-state index contributed by atoms with van der Waals surface area (Å²) in [6.07, 6.45) is 0. The Balaban J connectivity index is 1.56. The van der Waals surface area contributed by atoms with E-state index in [0.717, 1.165) is 5.52 Å². The highest BCUT2D eigenvalue weighted by Crippen LogP contribution is 2.24. The Morgan fingerprint density at radius 3 is 2.20 bits per heavy atom. The van der Waals surface area contributed by atoms with Crippen LogP contribution >= 0.6 is 0 Å². The second-order valence-corrected chi connectivity index (χ2v) is 9.61. The third-order valence-electron chi connectivity index (χ3n) is 5.65. The summed E-state index contributed by atoms with van der Waals surface area (Å²) in [5, 5.41) is 2.71. The van der Waals surface area contributed by atoms with Crippen LogP contribution in [0.3, 0.4) is 0 Å². The lowest BCUT2D eigenvalue weighted by molar-refractivity contribution is -0.116. The number of aryl methyl sites for hydroxylation is 2. The molecule has 0 fully saturated rings. The number of hydrogen-bond acceptors (Lipinski definition) is 5. The molecule has 9 nitrogen and oxygen atoms in total. The number of hydrogen-bond donors (Lipinski definition) is 2. The van der Waals surface area contributed by atoms with E-state index in [9.17, 15) is 18.0 Å². The summed E-state index contributed by atoms with van der Waals surface area (Å²) in [4.78, 5) is 25.7. The maximum absolute atomic E-state index is 13.0. The van der Waals surface area contributed by atoms with Gasteiger partial charge in [-0.05, 0) is 67.9 Å². The monoisotopic (exact) mass is 494 g/mol. The van der Waals surface area contributed by atoms with Crippen LogP contribution in [0.15, 0.2) is 76.4 Å². The number of nitrogens with one attached hydrogen (secondary N) is 2. The summed E-state index contributed by atoms with van der Waals surface area (Å²) in [6, 6.07) is 18.4. The molecule has 0 aliphatic carbocycles. The maximum Gasteiger partial charge on any atom is 0.329 e. The number of sulfonamides is 1. The number of nitrogens with zero attached hydrogens (tertiary/aromatic N) is 2. The van der Waals surface area contributed by atoms with Gasteiger partial charge in [0.25, 0.3) is 10.0 Å². The van der Waals surface area contributed by atoms with Crippen LogP contribution in [0.1, 0.15) is 12.5 Å². The van der Waals surface area contributed by atoms with Crippen molar-refractivity contribution in [1.82, 2.24) is 9.13 Å². The molecular weight excluding hydrogens is 468 g/mol. The fourth-order valence-electron chi connectivity index (χ4n) is 3.91. The molecule has 10 heteroatoms. The van der Waals surface area contributed by atoms with E-state index in [1.54, 1.807) is 54.0 Å². The Labute approximate surface area is 203 Å².